The van der Waals surface area contributed by atoms with Crippen LogP contribution >= 0.6 is 0 Å². The quantitative estimate of drug-likeness (QED) is 0.440. The van der Waals surface area contributed by atoms with E-state index in [1.165, 1.54) is 0 Å². The number of benzene rings is 3. The van der Waals surface area contributed by atoms with Gasteiger partial charge in [-0.1, -0.05) is 62.4 Å². The van der Waals surface area contributed by atoms with Crippen molar-refractivity contribution < 1.29 is 14.3 Å². The van der Waals surface area contributed by atoms with Crippen molar-refractivity contribution in [1.82, 2.24) is 5.43 Å². The average molecular weight is 390 g/mol. The molecule has 5 heteroatoms. The predicted molar refractivity (Wildman–Crippen MR) is 117 cm³/mol. The van der Waals surface area contributed by atoms with Crippen molar-refractivity contribution in [1.29, 1.82) is 0 Å². The number of hydrogen-bond donors (Lipinski definition) is 1. The molecule has 1 atom stereocenters. The molecule has 0 aliphatic rings. The Morgan fingerprint density at radius 3 is 2.62 bits per heavy atom. The second-order valence-corrected chi connectivity index (χ2v) is 6.83. The summed E-state index contributed by atoms with van der Waals surface area (Å²) in [6, 6.07) is 19.6. The van der Waals surface area contributed by atoms with Gasteiger partial charge in [-0.05, 0) is 40.8 Å². The predicted octanol–water partition coefficient (Wildman–Crippen LogP) is 4.89. The fourth-order valence-corrected chi connectivity index (χ4v) is 3.17. The number of fused-ring (bicyclic) bond motifs is 1. The molecule has 1 amide bonds. The van der Waals surface area contributed by atoms with Gasteiger partial charge in [0.15, 0.2) is 6.61 Å². The molecule has 3 aromatic carbocycles. The molecule has 0 spiro atoms. The maximum atomic E-state index is 12.2. The number of hydrogen-bond acceptors (Lipinski definition) is 4. The molecule has 0 fully saturated rings. The third kappa shape index (κ3) is 4.93. The van der Waals surface area contributed by atoms with E-state index in [1.54, 1.807) is 13.3 Å². The zero-order chi connectivity index (χ0) is 20.6. The van der Waals surface area contributed by atoms with Gasteiger partial charge in [-0.3, -0.25) is 4.79 Å². The van der Waals surface area contributed by atoms with Crippen LogP contribution in [0, 0.1) is 0 Å². The van der Waals surface area contributed by atoms with Gasteiger partial charge in [0.2, 0.25) is 0 Å². The minimum atomic E-state index is -0.320. The minimum Gasteiger partial charge on any atom is -0.496 e. The molecule has 0 aliphatic heterocycles. The van der Waals surface area contributed by atoms with Crippen LogP contribution in [0.4, 0.5) is 0 Å². The normalized spacial score (nSPS) is 12.1. The molecular formula is C24H26N2O3. The van der Waals surface area contributed by atoms with Crippen LogP contribution in [0.25, 0.3) is 10.8 Å². The van der Waals surface area contributed by atoms with Gasteiger partial charge in [0.25, 0.3) is 5.91 Å². The van der Waals surface area contributed by atoms with Gasteiger partial charge in [0, 0.05) is 5.56 Å². The molecule has 0 saturated carbocycles. The van der Waals surface area contributed by atoms with Crippen molar-refractivity contribution in [3.05, 3.63) is 71.8 Å². The van der Waals surface area contributed by atoms with Gasteiger partial charge in [0.05, 0.1) is 13.3 Å². The van der Waals surface area contributed by atoms with Crippen molar-refractivity contribution in [2.45, 2.75) is 26.2 Å². The summed E-state index contributed by atoms with van der Waals surface area (Å²) in [5.74, 6) is 1.47. The molecule has 29 heavy (non-hydrogen) atoms. The lowest BCUT2D eigenvalue weighted by molar-refractivity contribution is -0.123. The first-order valence-electron chi connectivity index (χ1n) is 9.73. The molecular weight excluding hydrogens is 364 g/mol. The second-order valence-electron chi connectivity index (χ2n) is 6.83. The molecule has 0 aromatic heterocycles. The Labute approximate surface area is 171 Å². The Morgan fingerprint density at radius 1 is 1.07 bits per heavy atom. The lowest BCUT2D eigenvalue weighted by atomic mass is 9.98. The Bertz CT molecular complexity index is 1010. The van der Waals surface area contributed by atoms with Gasteiger partial charge < -0.3 is 9.47 Å². The first kappa shape index (κ1) is 20.4. The zero-order valence-corrected chi connectivity index (χ0v) is 17.0. The molecule has 3 rings (SSSR count). The Kier molecular flexibility index (Phi) is 6.85. The highest BCUT2D eigenvalue weighted by molar-refractivity contribution is 6.02. The number of nitrogens with zero attached hydrogens (tertiary/aromatic N) is 1. The third-order valence-electron chi connectivity index (χ3n) is 4.95. The molecule has 0 aliphatic carbocycles. The number of amides is 1. The van der Waals surface area contributed by atoms with E-state index in [9.17, 15) is 4.79 Å². The summed E-state index contributed by atoms with van der Waals surface area (Å²) in [4.78, 5) is 12.2. The fourth-order valence-electron chi connectivity index (χ4n) is 3.17. The van der Waals surface area contributed by atoms with E-state index < -0.39 is 0 Å². The van der Waals surface area contributed by atoms with Crippen molar-refractivity contribution in [3.63, 3.8) is 0 Å². The van der Waals surface area contributed by atoms with Gasteiger partial charge in [-0.2, -0.15) is 5.10 Å². The third-order valence-corrected chi connectivity index (χ3v) is 4.95. The van der Waals surface area contributed by atoms with Gasteiger partial charge in [-0.15, -0.1) is 0 Å². The number of carbonyl (C=O) groups excluding carboxylic acids is 1. The monoisotopic (exact) mass is 390 g/mol. The van der Waals surface area contributed by atoms with Crippen LogP contribution in [0.1, 0.15) is 37.3 Å². The highest BCUT2D eigenvalue weighted by Crippen LogP contribution is 2.28. The summed E-state index contributed by atoms with van der Waals surface area (Å²) in [5, 5.41) is 6.18. The fraction of sp³-hybridized carbons (Fsp3) is 0.250. The van der Waals surface area contributed by atoms with Crippen molar-refractivity contribution in [3.8, 4) is 11.5 Å². The average Bonchev–Trinajstić information content (AvgIpc) is 2.77. The number of carbonyl (C=O) groups is 1. The van der Waals surface area contributed by atoms with Crippen LogP contribution in [0.15, 0.2) is 65.8 Å². The summed E-state index contributed by atoms with van der Waals surface area (Å²) in [6.07, 6.45) is 2.61. The largest absolute Gasteiger partial charge is 0.496 e. The number of methoxy groups -OCH3 is 1. The molecule has 0 radical (unpaired) electrons. The first-order valence-corrected chi connectivity index (χ1v) is 9.73. The van der Waals surface area contributed by atoms with Gasteiger partial charge >= 0.3 is 0 Å². The van der Waals surface area contributed by atoms with Gasteiger partial charge in [0.1, 0.15) is 11.5 Å². The topological polar surface area (TPSA) is 59.9 Å². The lowest BCUT2D eigenvalue weighted by Gasteiger charge is -2.15. The Morgan fingerprint density at radius 2 is 1.83 bits per heavy atom. The molecule has 0 bridgehead atoms. The van der Waals surface area contributed by atoms with Crippen LogP contribution in [0.2, 0.25) is 0 Å². The molecule has 0 heterocycles. The minimum absolute atomic E-state index is 0.0997. The zero-order valence-electron chi connectivity index (χ0n) is 17.0. The van der Waals surface area contributed by atoms with E-state index in [0.29, 0.717) is 11.7 Å². The summed E-state index contributed by atoms with van der Waals surface area (Å²) in [5.41, 5.74) is 4.45. The summed E-state index contributed by atoms with van der Waals surface area (Å²) >= 11 is 0. The molecule has 5 nitrogen and oxygen atoms in total. The number of rotatable bonds is 8. The first-order chi connectivity index (χ1) is 14.1. The van der Waals surface area contributed by atoms with E-state index >= 15 is 0 Å². The number of ether oxygens (including phenoxy) is 2. The maximum Gasteiger partial charge on any atom is 0.277 e. The number of hydrazone groups is 1. The van der Waals surface area contributed by atoms with Crippen LogP contribution in [0.3, 0.4) is 0 Å². The Balaban J connectivity index is 1.66. The SMILES string of the molecule is CCC(C)c1ccccc1OCC(=O)NN=Cc1c(OC)ccc2ccccc12. The molecule has 0 saturated heterocycles. The smallest absolute Gasteiger partial charge is 0.277 e. The van der Waals surface area contributed by atoms with Gasteiger partial charge in [-0.25, -0.2) is 5.43 Å². The van der Waals surface area contributed by atoms with Crippen LogP contribution in [-0.4, -0.2) is 25.8 Å². The number of para-hydroxylation sites is 1. The van der Waals surface area contributed by atoms with Crippen LogP contribution in [0.5, 0.6) is 11.5 Å². The van der Waals surface area contributed by atoms with E-state index in [4.69, 9.17) is 9.47 Å². The molecule has 1 N–H and O–H groups in total. The maximum absolute atomic E-state index is 12.2. The Hall–Kier alpha value is -3.34. The highest BCUT2D eigenvalue weighted by atomic mass is 16.5. The molecule has 3 aromatic rings. The summed E-state index contributed by atoms with van der Waals surface area (Å²) in [6.45, 7) is 4.17. The summed E-state index contributed by atoms with van der Waals surface area (Å²) in [7, 11) is 1.61. The van der Waals surface area contributed by atoms with Crippen LogP contribution < -0.4 is 14.9 Å². The van der Waals surface area contributed by atoms with E-state index in [1.807, 2.05) is 60.7 Å². The standard InChI is InChI=1S/C24H26N2O3/c1-4-17(2)19-10-7-8-12-23(19)29-16-24(27)26-25-15-21-20-11-6-5-9-18(20)13-14-22(21)28-3/h5-15,17H,4,16H2,1-3H3,(H,26,27). The number of nitrogens with one attached hydrogen (secondary N) is 1. The van der Waals surface area contributed by atoms with Crippen molar-refractivity contribution in [2.24, 2.45) is 5.10 Å². The van der Waals surface area contributed by atoms with E-state index in [2.05, 4.69) is 24.4 Å². The van der Waals surface area contributed by atoms with Crippen molar-refractivity contribution in [2.75, 3.05) is 13.7 Å². The lowest BCUT2D eigenvalue weighted by Crippen LogP contribution is -2.25. The summed E-state index contributed by atoms with van der Waals surface area (Å²) < 4.78 is 11.2. The molecule has 1 unspecified atom stereocenters. The van der Waals surface area contributed by atoms with E-state index in [-0.39, 0.29) is 12.5 Å². The molecule has 150 valence electrons. The van der Waals surface area contributed by atoms with Crippen LogP contribution in [-0.2, 0) is 4.79 Å². The highest BCUT2D eigenvalue weighted by Gasteiger charge is 2.11. The van der Waals surface area contributed by atoms with Crippen molar-refractivity contribution >= 4 is 22.9 Å². The second kappa shape index (κ2) is 9.73. The van der Waals surface area contributed by atoms with E-state index in [0.717, 1.165) is 34.1 Å².